The van der Waals surface area contributed by atoms with Crippen LogP contribution >= 0.6 is 0 Å². The smallest absolute Gasteiger partial charge is 0.261 e. The van der Waals surface area contributed by atoms with Gasteiger partial charge in [0.1, 0.15) is 6.61 Å². The van der Waals surface area contributed by atoms with Crippen LogP contribution in [0.1, 0.15) is 19.3 Å². The largest absolute Gasteiger partial charge is 0.381 e. The molecule has 0 aromatic carbocycles. The minimum absolute atomic E-state index is 0.00662. The third-order valence-electron chi connectivity index (χ3n) is 2.96. The summed E-state index contributed by atoms with van der Waals surface area (Å²) in [5.41, 5.74) is 5.26. The molecule has 0 atom stereocenters. The molecule has 106 valence electrons. The van der Waals surface area contributed by atoms with Gasteiger partial charge in [0.05, 0.1) is 12.1 Å². The minimum atomic E-state index is -2.50. The lowest BCUT2D eigenvalue weighted by atomic mass is 9.90. The quantitative estimate of drug-likeness (QED) is 0.649. The number of ether oxygens (including phenoxy) is 2. The standard InChI is InChI=1S/C11H20F2N2O3/c12-9(13)7-18-4-1-10(16)15-11(8-14)2-5-17-6-3-11/h9H,1-8,14H2,(H,15,16). The van der Waals surface area contributed by atoms with Crippen LogP contribution in [0.4, 0.5) is 8.78 Å². The van der Waals surface area contributed by atoms with Crippen LogP contribution in [0.25, 0.3) is 0 Å². The van der Waals surface area contributed by atoms with Gasteiger partial charge in [-0.2, -0.15) is 0 Å². The Kier molecular flexibility index (Phi) is 6.45. The van der Waals surface area contributed by atoms with Gasteiger partial charge in [-0.05, 0) is 12.8 Å². The molecule has 1 aliphatic rings. The van der Waals surface area contributed by atoms with Gasteiger partial charge in [0.15, 0.2) is 0 Å². The van der Waals surface area contributed by atoms with E-state index in [1.807, 2.05) is 0 Å². The van der Waals surface area contributed by atoms with Crippen LogP contribution in [-0.2, 0) is 14.3 Å². The van der Waals surface area contributed by atoms with E-state index in [4.69, 9.17) is 10.5 Å². The number of hydrogen-bond donors (Lipinski definition) is 2. The molecule has 0 radical (unpaired) electrons. The van der Waals surface area contributed by atoms with E-state index in [0.29, 0.717) is 32.6 Å². The van der Waals surface area contributed by atoms with Crippen molar-refractivity contribution in [3.8, 4) is 0 Å². The zero-order valence-corrected chi connectivity index (χ0v) is 10.3. The summed E-state index contributed by atoms with van der Waals surface area (Å²) in [6.45, 7) is 0.842. The first kappa shape index (κ1) is 15.3. The number of alkyl halides is 2. The monoisotopic (exact) mass is 266 g/mol. The maximum Gasteiger partial charge on any atom is 0.261 e. The Morgan fingerprint density at radius 3 is 2.67 bits per heavy atom. The molecule has 0 aromatic heterocycles. The van der Waals surface area contributed by atoms with Gasteiger partial charge in [0.25, 0.3) is 6.43 Å². The average molecular weight is 266 g/mol. The number of nitrogens with two attached hydrogens (primary N) is 1. The first-order valence-corrected chi connectivity index (χ1v) is 6.03. The van der Waals surface area contributed by atoms with Gasteiger partial charge >= 0.3 is 0 Å². The van der Waals surface area contributed by atoms with Crippen molar-refractivity contribution >= 4 is 5.91 Å². The fourth-order valence-corrected chi connectivity index (χ4v) is 1.84. The summed E-state index contributed by atoms with van der Waals surface area (Å²) in [5, 5.41) is 2.86. The van der Waals surface area contributed by atoms with Gasteiger partial charge in [-0.25, -0.2) is 8.78 Å². The van der Waals surface area contributed by atoms with Crippen molar-refractivity contribution < 1.29 is 23.0 Å². The topological polar surface area (TPSA) is 73.6 Å². The summed E-state index contributed by atoms with van der Waals surface area (Å²) in [7, 11) is 0. The Hall–Kier alpha value is -0.790. The molecule has 1 rings (SSSR count). The molecule has 1 saturated heterocycles. The predicted molar refractivity (Wildman–Crippen MR) is 61.4 cm³/mol. The first-order chi connectivity index (χ1) is 8.58. The lowest BCUT2D eigenvalue weighted by Gasteiger charge is -2.37. The van der Waals surface area contributed by atoms with Crippen LogP contribution < -0.4 is 11.1 Å². The van der Waals surface area contributed by atoms with Crippen molar-refractivity contribution in [3.05, 3.63) is 0 Å². The number of carbonyl (C=O) groups is 1. The SMILES string of the molecule is NCC1(NC(=O)CCOCC(F)F)CCOCC1. The third-order valence-corrected chi connectivity index (χ3v) is 2.96. The van der Waals surface area contributed by atoms with Crippen molar-refractivity contribution in [1.82, 2.24) is 5.32 Å². The second-order valence-corrected chi connectivity index (χ2v) is 4.36. The molecule has 1 aliphatic heterocycles. The van der Waals surface area contributed by atoms with E-state index in [9.17, 15) is 13.6 Å². The third kappa shape index (κ3) is 5.24. The van der Waals surface area contributed by atoms with Crippen LogP contribution in [0.5, 0.6) is 0 Å². The van der Waals surface area contributed by atoms with Crippen molar-refractivity contribution in [1.29, 1.82) is 0 Å². The normalized spacial score (nSPS) is 18.9. The molecule has 0 unspecified atom stereocenters. The zero-order chi connectivity index (χ0) is 13.4. The first-order valence-electron chi connectivity index (χ1n) is 6.03. The van der Waals surface area contributed by atoms with Crippen LogP contribution in [0.2, 0.25) is 0 Å². The Morgan fingerprint density at radius 1 is 1.44 bits per heavy atom. The van der Waals surface area contributed by atoms with Gasteiger partial charge < -0.3 is 20.5 Å². The zero-order valence-electron chi connectivity index (χ0n) is 10.3. The summed E-state index contributed by atoms with van der Waals surface area (Å²) < 4.78 is 33.5. The van der Waals surface area contributed by atoms with Crippen LogP contribution in [0, 0.1) is 0 Å². The van der Waals surface area contributed by atoms with E-state index < -0.39 is 18.6 Å². The molecule has 1 heterocycles. The molecule has 0 aliphatic carbocycles. The second kappa shape index (κ2) is 7.60. The molecule has 0 spiro atoms. The number of amides is 1. The predicted octanol–water partition coefficient (Wildman–Crippen LogP) is 0.282. The highest BCUT2D eigenvalue weighted by Crippen LogP contribution is 2.19. The molecular weight excluding hydrogens is 246 g/mol. The van der Waals surface area contributed by atoms with Gasteiger partial charge in [0, 0.05) is 26.2 Å². The van der Waals surface area contributed by atoms with Gasteiger partial charge in [-0.3, -0.25) is 4.79 Å². The van der Waals surface area contributed by atoms with Crippen LogP contribution in [0.15, 0.2) is 0 Å². The molecule has 0 aromatic rings. The van der Waals surface area contributed by atoms with Crippen molar-refractivity contribution in [2.45, 2.75) is 31.2 Å². The van der Waals surface area contributed by atoms with E-state index in [2.05, 4.69) is 10.1 Å². The number of halogens is 2. The van der Waals surface area contributed by atoms with Gasteiger partial charge in [0.2, 0.25) is 5.91 Å². The van der Waals surface area contributed by atoms with Crippen molar-refractivity contribution in [2.24, 2.45) is 5.73 Å². The van der Waals surface area contributed by atoms with Crippen molar-refractivity contribution in [2.75, 3.05) is 33.0 Å². The van der Waals surface area contributed by atoms with Crippen molar-refractivity contribution in [3.63, 3.8) is 0 Å². The van der Waals surface area contributed by atoms with E-state index in [1.54, 1.807) is 0 Å². The maximum absolute atomic E-state index is 11.8. The van der Waals surface area contributed by atoms with E-state index in [1.165, 1.54) is 0 Å². The fourth-order valence-electron chi connectivity index (χ4n) is 1.84. The highest BCUT2D eigenvalue weighted by atomic mass is 19.3. The summed E-state index contributed by atoms with van der Waals surface area (Å²) in [6, 6.07) is 0. The van der Waals surface area contributed by atoms with Gasteiger partial charge in [-0.15, -0.1) is 0 Å². The lowest BCUT2D eigenvalue weighted by Crippen LogP contribution is -2.56. The highest BCUT2D eigenvalue weighted by molar-refractivity contribution is 5.77. The minimum Gasteiger partial charge on any atom is -0.381 e. The molecular formula is C11H20F2N2O3. The fraction of sp³-hybridized carbons (Fsp3) is 0.909. The number of hydrogen-bond acceptors (Lipinski definition) is 4. The molecule has 18 heavy (non-hydrogen) atoms. The molecule has 0 saturated carbocycles. The molecule has 1 amide bonds. The lowest BCUT2D eigenvalue weighted by molar-refractivity contribution is -0.125. The second-order valence-electron chi connectivity index (χ2n) is 4.36. The Balaban J connectivity index is 2.25. The number of rotatable bonds is 7. The molecule has 5 nitrogen and oxygen atoms in total. The number of nitrogens with one attached hydrogen (secondary N) is 1. The maximum atomic E-state index is 11.8. The molecule has 3 N–H and O–H groups in total. The molecule has 1 fully saturated rings. The Bertz CT molecular complexity index is 259. The van der Waals surface area contributed by atoms with Crippen LogP contribution in [0.3, 0.4) is 0 Å². The summed E-state index contributed by atoms with van der Waals surface area (Å²) in [5.74, 6) is -0.225. The van der Waals surface area contributed by atoms with E-state index in [-0.39, 0.29) is 18.9 Å². The highest BCUT2D eigenvalue weighted by Gasteiger charge is 2.32. The van der Waals surface area contributed by atoms with Gasteiger partial charge in [-0.1, -0.05) is 0 Å². The average Bonchev–Trinajstić information content (AvgIpc) is 2.35. The number of carbonyl (C=O) groups excluding carboxylic acids is 1. The Morgan fingerprint density at radius 2 is 2.11 bits per heavy atom. The van der Waals surface area contributed by atoms with Crippen LogP contribution in [-0.4, -0.2) is 50.8 Å². The van der Waals surface area contributed by atoms with E-state index in [0.717, 1.165) is 0 Å². The molecule has 7 heteroatoms. The summed E-state index contributed by atoms with van der Waals surface area (Å²) >= 11 is 0. The van der Waals surface area contributed by atoms with E-state index >= 15 is 0 Å². The summed E-state index contributed by atoms with van der Waals surface area (Å²) in [6.07, 6.45) is -1.09. The Labute approximate surface area is 105 Å². The summed E-state index contributed by atoms with van der Waals surface area (Å²) in [4.78, 5) is 11.6. The molecule has 0 bridgehead atoms.